The minimum absolute atomic E-state index is 0.0259. The van der Waals surface area contributed by atoms with Gasteiger partial charge in [-0.1, -0.05) is 31.2 Å². The van der Waals surface area contributed by atoms with Gasteiger partial charge in [-0.25, -0.2) is 0 Å². The van der Waals surface area contributed by atoms with Gasteiger partial charge in [0.15, 0.2) is 0 Å². The molecule has 0 aromatic rings. The zero-order chi connectivity index (χ0) is 8.15. The number of carbonyl (C=O) groups is 1. The molecule has 0 aliphatic carbocycles. The first kappa shape index (κ1) is 9.15. The molecule has 10 heavy (non-hydrogen) atoms. The van der Waals surface area contributed by atoms with Crippen LogP contribution in [0.15, 0.2) is 24.3 Å². The summed E-state index contributed by atoms with van der Waals surface area (Å²) in [6.45, 7) is 9.01. The van der Waals surface area contributed by atoms with Gasteiger partial charge in [-0.05, 0) is 13.8 Å². The van der Waals surface area contributed by atoms with Gasteiger partial charge in [0.05, 0.1) is 0 Å². The number of allylic oxidation sites excluding steroid dienone is 3. The van der Waals surface area contributed by atoms with Crippen molar-refractivity contribution < 1.29 is 4.79 Å². The lowest BCUT2D eigenvalue weighted by Gasteiger charge is -1.99. The molecular weight excluding hydrogens is 124 g/mol. The molecule has 0 aromatic carbocycles. The molecule has 0 aliphatic rings. The number of hydrogen-bond donors (Lipinski definition) is 0. The molecule has 0 N–H and O–H groups in total. The monoisotopic (exact) mass is 138 g/mol. The quantitative estimate of drug-likeness (QED) is 0.547. The lowest BCUT2D eigenvalue weighted by molar-refractivity contribution is -0.118. The zero-order valence-corrected chi connectivity index (χ0v) is 6.85. The molecule has 1 unspecified atom stereocenters. The summed E-state index contributed by atoms with van der Waals surface area (Å²) >= 11 is 0. The first-order chi connectivity index (χ1) is 4.57. The average molecular weight is 138 g/mol. The van der Waals surface area contributed by atoms with Crippen LogP contribution in [0.2, 0.25) is 0 Å². The molecule has 0 radical (unpaired) electrons. The third-order valence-electron chi connectivity index (χ3n) is 1.48. The number of hydrogen-bond acceptors (Lipinski definition) is 1. The van der Waals surface area contributed by atoms with Gasteiger partial charge in [-0.3, -0.25) is 4.79 Å². The molecule has 1 nitrogen and oxygen atoms in total. The summed E-state index contributed by atoms with van der Waals surface area (Å²) < 4.78 is 0. The topological polar surface area (TPSA) is 17.1 Å². The minimum Gasteiger partial charge on any atom is -0.299 e. The highest BCUT2D eigenvalue weighted by molar-refractivity contribution is 5.79. The van der Waals surface area contributed by atoms with E-state index in [1.807, 2.05) is 19.9 Å². The molecule has 56 valence electrons. The molecule has 0 fully saturated rings. The fourth-order valence-electron chi connectivity index (χ4n) is 0.580. The third kappa shape index (κ3) is 3.23. The molecule has 1 heteroatoms. The molecule has 0 aromatic heterocycles. The molecular formula is C9H14O. The van der Waals surface area contributed by atoms with Crippen molar-refractivity contribution in [1.29, 1.82) is 0 Å². The van der Waals surface area contributed by atoms with Gasteiger partial charge >= 0.3 is 0 Å². The van der Waals surface area contributed by atoms with Crippen molar-refractivity contribution in [2.24, 2.45) is 5.92 Å². The predicted molar refractivity (Wildman–Crippen MR) is 43.8 cm³/mol. The Kier molecular flexibility index (Phi) is 3.70. The van der Waals surface area contributed by atoms with E-state index in [1.54, 1.807) is 13.0 Å². The Balaban J connectivity index is 4.11. The van der Waals surface area contributed by atoms with Crippen LogP contribution < -0.4 is 0 Å². The van der Waals surface area contributed by atoms with Crippen LogP contribution in [0.4, 0.5) is 0 Å². The van der Waals surface area contributed by atoms with Crippen LogP contribution in [-0.4, -0.2) is 5.78 Å². The van der Waals surface area contributed by atoms with Crippen LogP contribution >= 0.6 is 0 Å². The van der Waals surface area contributed by atoms with Crippen LogP contribution in [0.5, 0.6) is 0 Å². The second kappa shape index (κ2) is 4.04. The van der Waals surface area contributed by atoms with Gasteiger partial charge < -0.3 is 0 Å². The molecule has 0 saturated heterocycles. The summed E-state index contributed by atoms with van der Waals surface area (Å²) in [4.78, 5) is 10.7. The van der Waals surface area contributed by atoms with E-state index < -0.39 is 0 Å². The molecule has 0 aliphatic heterocycles. The Hall–Kier alpha value is -0.850. The molecule has 0 amide bonds. The van der Waals surface area contributed by atoms with E-state index in [4.69, 9.17) is 0 Å². The molecule has 0 saturated carbocycles. The Morgan fingerprint density at radius 2 is 2.00 bits per heavy atom. The summed E-state index contributed by atoms with van der Waals surface area (Å²) in [5, 5.41) is 0. The SMILES string of the molecule is C=C/C(C)=C/C(C)C(C)=O. The Labute approximate surface area is 62.4 Å². The summed E-state index contributed by atoms with van der Waals surface area (Å²) in [6, 6.07) is 0. The molecule has 0 bridgehead atoms. The normalized spacial score (nSPS) is 14.5. The van der Waals surface area contributed by atoms with Crippen LogP contribution in [0.1, 0.15) is 20.8 Å². The third-order valence-corrected chi connectivity index (χ3v) is 1.48. The highest BCUT2D eigenvalue weighted by atomic mass is 16.1. The van der Waals surface area contributed by atoms with Crippen molar-refractivity contribution in [2.75, 3.05) is 0 Å². The maximum atomic E-state index is 10.7. The Bertz CT molecular complexity index is 166. The molecule has 0 heterocycles. The average Bonchev–Trinajstić information content (AvgIpc) is 1.87. The first-order valence-electron chi connectivity index (χ1n) is 3.39. The highest BCUT2D eigenvalue weighted by Gasteiger charge is 2.01. The van der Waals surface area contributed by atoms with E-state index in [9.17, 15) is 4.79 Å². The minimum atomic E-state index is 0.0259. The second-order valence-corrected chi connectivity index (χ2v) is 2.51. The van der Waals surface area contributed by atoms with Crippen molar-refractivity contribution in [3.8, 4) is 0 Å². The molecule has 0 spiro atoms. The van der Waals surface area contributed by atoms with Gasteiger partial charge in [-0.15, -0.1) is 0 Å². The van der Waals surface area contributed by atoms with E-state index in [0.29, 0.717) is 0 Å². The largest absolute Gasteiger partial charge is 0.299 e. The molecule has 0 rings (SSSR count). The molecule has 1 atom stereocenters. The Morgan fingerprint density at radius 3 is 2.30 bits per heavy atom. The maximum absolute atomic E-state index is 10.7. The van der Waals surface area contributed by atoms with Gasteiger partial charge in [0.1, 0.15) is 5.78 Å². The smallest absolute Gasteiger partial charge is 0.136 e. The van der Waals surface area contributed by atoms with Gasteiger partial charge in [0, 0.05) is 5.92 Å². The van der Waals surface area contributed by atoms with Crippen molar-refractivity contribution in [3.63, 3.8) is 0 Å². The van der Waals surface area contributed by atoms with Crippen LogP contribution in [0, 0.1) is 5.92 Å². The highest BCUT2D eigenvalue weighted by Crippen LogP contribution is 2.03. The van der Waals surface area contributed by atoms with Crippen molar-refractivity contribution in [2.45, 2.75) is 20.8 Å². The number of Topliss-reactive ketones (excluding diaryl/α,β-unsaturated/α-hetero) is 1. The van der Waals surface area contributed by atoms with Crippen molar-refractivity contribution >= 4 is 5.78 Å². The summed E-state index contributed by atoms with van der Waals surface area (Å²) in [5.41, 5.74) is 1.06. The van der Waals surface area contributed by atoms with Crippen LogP contribution in [-0.2, 0) is 4.79 Å². The number of rotatable bonds is 3. The van der Waals surface area contributed by atoms with Crippen LogP contribution in [0.3, 0.4) is 0 Å². The van der Waals surface area contributed by atoms with Crippen molar-refractivity contribution in [3.05, 3.63) is 24.3 Å². The van der Waals surface area contributed by atoms with E-state index in [2.05, 4.69) is 6.58 Å². The van der Waals surface area contributed by atoms with Gasteiger partial charge in [0.25, 0.3) is 0 Å². The number of carbonyl (C=O) groups excluding carboxylic acids is 1. The predicted octanol–water partition coefficient (Wildman–Crippen LogP) is 2.34. The summed E-state index contributed by atoms with van der Waals surface area (Å²) in [7, 11) is 0. The second-order valence-electron chi connectivity index (χ2n) is 2.51. The summed E-state index contributed by atoms with van der Waals surface area (Å²) in [5.74, 6) is 0.221. The van der Waals surface area contributed by atoms with E-state index in [1.165, 1.54) is 0 Å². The van der Waals surface area contributed by atoms with Crippen molar-refractivity contribution in [1.82, 2.24) is 0 Å². The van der Waals surface area contributed by atoms with Crippen LogP contribution in [0.25, 0.3) is 0 Å². The van der Waals surface area contributed by atoms with E-state index in [0.717, 1.165) is 5.57 Å². The number of ketones is 1. The lowest BCUT2D eigenvalue weighted by Crippen LogP contribution is -2.02. The fraction of sp³-hybridized carbons (Fsp3) is 0.444. The Morgan fingerprint density at radius 1 is 1.50 bits per heavy atom. The fourth-order valence-corrected chi connectivity index (χ4v) is 0.580. The first-order valence-corrected chi connectivity index (χ1v) is 3.39. The maximum Gasteiger partial charge on any atom is 0.136 e. The summed E-state index contributed by atoms with van der Waals surface area (Å²) in [6.07, 6.45) is 3.66. The zero-order valence-electron chi connectivity index (χ0n) is 6.85. The van der Waals surface area contributed by atoms with E-state index >= 15 is 0 Å². The van der Waals surface area contributed by atoms with E-state index in [-0.39, 0.29) is 11.7 Å². The lowest BCUT2D eigenvalue weighted by atomic mass is 10.0. The van der Waals surface area contributed by atoms with Gasteiger partial charge in [-0.2, -0.15) is 0 Å². The standard InChI is InChI=1S/C9H14O/c1-5-7(2)6-8(3)9(4)10/h5-6,8H,1H2,2-4H3/b7-6+. The van der Waals surface area contributed by atoms with Gasteiger partial charge in [0.2, 0.25) is 0 Å².